The second kappa shape index (κ2) is 13.1. The summed E-state index contributed by atoms with van der Waals surface area (Å²) in [6.45, 7) is 8.02. The summed E-state index contributed by atoms with van der Waals surface area (Å²) in [4.78, 5) is 12.7. The first-order chi connectivity index (χ1) is 19.9. The minimum absolute atomic E-state index is 0.0141. The monoisotopic (exact) mass is 630 g/mol. The third-order valence-corrected chi connectivity index (χ3v) is 13.5. The molecule has 11 heteroatoms. The van der Waals surface area contributed by atoms with Crippen LogP contribution in [0.1, 0.15) is 85.0 Å². The number of carbonyl (C=O) groups is 1. The van der Waals surface area contributed by atoms with Gasteiger partial charge >= 0.3 is 0 Å². The van der Waals surface area contributed by atoms with E-state index in [9.17, 15) is 38.2 Å². The highest BCUT2D eigenvalue weighted by atomic mass is 32.2. The fourth-order valence-electron chi connectivity index (χ4n) is 10.5. The lowest BCUT2D eigenvalue weighted by Crippen LogP contribution is -2.62. The smallest absolute Gasteiger partial charge is 0.220 e. The first kappa shape index (κ1) is 35.0. The lowest BCUT2D eigenvalue weighted by molar-refractivity contribution is -0.893. The van der Waals surface area contributed by atoms with Gasteiger partial charge in [0.15, 0.2) is 0 Å². The molecule has 0 spiro atoms. The molecule has 0 aromatic heterocycles. The number of nitrogens with zero attached hydrogens (tertiary/aromatic N) is 1. The largest absolute Gasteiger partial charge is 0.748 e. The number of nitrogens with one attached hydrogen (secondary N) is 1. The van der Waals surface area contributed by atoms with Crippen molar-refractivity contribution >= 4 is 16.0 Å². The Hall–Kier alpha value is -0.820. The van der Waals surface area contributed by atoms with Crippen molar-refractivity contribution in [3.8, 4) is 0 Å². The van der Waals surface area contributed by atoms with Crippen molar-refractivity contribution in [2.45, 2.75) is 109 Å². The van der Waals surface area contributed by atoms with Crippen LogP contribution in [0.15, 0.2) is 0 Å². The van der Waals surface area contributed by atoms with Crippen molar-refractivity contribution in [1.29, 1.82) is 0 Å². The van der Waals surface area contributed by atoms with Gasteiger partial charge in [-0.2, -0.15) is 0 Å². The summed E-state index contributed by atoms with van der Waals surface area (Å²) in [5, 5.41) is 46.5. The molecule has 0 saturated heterocycles. The molecule has 4 aliphatic rings. The summed E-state index contributed by atoms with van der Waals surface area (Å²) in [6, 6.07) is 0. The standard InChI is InChI=1S/C32H58N2O8S/c1-20(7-10-29(39)33-13-6-14-34(4,5)18-23(36)19-43(40,41)42)24-8-9-25-30-26(17-28(38)32(24,25)3)31(2)12-11-22(35)15-21(31)16-27(30)37/h20-28,30,35-38H,6-19H2,1-5H3,(H-,33,39,40,41,42). The maximum absolute atomic E-state index is 12.7. The van der Waals surface area contributed by atoms with E-state index >= 15 is 0 Å². The van der Waals surface area contributed by atoms with Gasteiger partial charge in [0.25, 0.3) is 0 Å². The minimum Gasteiger partial charge on any atom is -0.748 e. The molecule has 250 valence electrons. The molecule has 0 heterocycles. The Labute approximate surface area is 259 Å². The average Bonchev–Trinajstić information content (AvgIpc) is 3.24. The fraction of sp³-hybridized carbons (Fsp3) is 0.969. The molecule has 1 amide bonds. The molecule has 0 aromatic carbocycles. The van der Waals surface area contributed by atoms with Gasteiger partial charge in [-0.15, -0.1) is 0 Å². The van der Waals surface area contributed by atoms with Crippen molar-refractivity contribution in [2.24, 2.45) is 46.3 Å². The topological polar surface area (TPSA) is 167 Å². The van der Waals surface area contributed by atoms with Crippen LogP contribution < -0.4 is 5.32 Å². The quantitative estimate of drug-likeness (QED) is 0.124. The van der Waals surface area contributed by atoms with Crippen molar-refractivity contribution in [2.75, 3.05) is 39.5 Å². The van der Waals surface area contributed by atoms with Gasteiger partial charge < -0.3 is 34.8 Å². The van der Waals surface area contributed by atoms with Gasteiger partial charge in [0, 0.05) is 19.4 Å². The number of quaternary nitrogens is 1. The maximum Gasteiger partial charge on any atom is 0.220 e. The van der Waals surface area contributed by atoms with Gasteiger partial charge in [-0.05, 0) is 97.7 Å². The van der Waals surface area contributed by atoms with Gasteiger partial charge in [-0.25, -0.2) is 8.42 Å². The van der Waals surface area contributed by atoms with Gasteiger partial charge in [0.05, 0.1) is 54.8 Å². The molecule has 0 aromatic rings. The molecule has 0 radical (unpaired) electrons. The van der Waals surface area contributed by atoms with Crippen LogP contribution in [0.3, 0.4) is 0 Å². The Bertz CT molecular complexity index is 1090. The SMILES string of the molecule is CC(CCC(=O)NCCC[N+](C)(C)CC(O)CS(=O)(=O)[O-])C1CCC2C3C(O)CC4CC(O)CCC4(C)C3CC(O)C12C. The number of hydrogen-bond donors (Lipinski definition) is 5. The van der Waals surface area contributed by atoms with E-state index in [0.717, 1.165) is 44.9 Å². The molecule has 4 fully saturated rings. The fourth-order valence-corrected chi connectivity index (χ4v) is 11.0. The Morgan fingerprint density at radius 3 is 2.44 bits per heavy atom. The van der Waals surface area contributed by atoms with Crippen molar-refractivity contribution in [3.63, 3.8) is 0 Å². The molecule has 10 nitrogen and oxygen atoms in total. The van der Waals surface area contributed by atoms with Crippen LogP contribution in [-0.4, -0.2) is 108 Å². The molecule has 4 aliphatic carbocycles. The summed E-state index contributed by atoms with van der Waals surface area (Å²) >= 11 is 0. The summed E-state index contributed by atoms with van der Waals surface area (Å²) < 4.78 is 33.0. The average molecular weight is 631 g/mol. The molecule has 5 N–H and O–H groups in total. The van der Waals surface area contributed by atoms with E-state index in [4.69, 9.17) is 0 Å². The molecule has 0 bridgehead atoms. The molecule has 12 unspecified atom stereocenters. The number of hydrogen-bond acceptors (Lipinski definition) is 8. The highest BCUT2D eigenvalue weighted by Crippen LogP contribution is 2.68. The molecule has 0 aliphatic heterocycles. The number of amides is 1. The van der Waals surface area contributed by atoms with E-state index in [0.29, 0.717) is 42.8 Å². The van der Waals surface area contributed by atoms with Crippen LogP contribution in [0.25, 0.3) is 0 Å². The molecule has 43 heavy (non-hydrogen) atoms. The lowest BCUT2D eigenvalue weighted by atomic mass is 9.43. The number of aliphatic hydroxyl groups is 4. The van der Waals surface area contributed by atoms with Crippen molar-refractivity contribution < 1.29 is 42.7 Å². The Kier molecular flexibility index (Phi) is 10.7. The predicted molar refractivity (Wildman–Crippen MR) is 162 cm³/mol. The number of carbonyl (C=O) groups excluding carboxylic acids is 1. The van der Waals surface area contributed by atoms with Crippen molar-refractivity contribution in [1.82, 2.24) is 5.32 Å². The van der Waals surface area contributed by atoms with Crippen LogP contribution >= 0.6 is 0 Å². The zero-order valence-corrected chi connectivity index (χ0v) is 27.8. The van der Waals surface area contributed by atoms with E-state index in [1.165, 1.54) is 0 Å². The molecule has 4 rings (SSSR count). The molecular formula is C32H58N2O8S. The van der Waals surface area contributed by atoms with Crippen molar-refractivity contribution in [3.05, 3.63) is 0 Å². The van der Waals surface area contributed by atoms with E-state index in [1.54, 1.807) is 0 Å². The Morgan fingerprint density at radius 1 is 1.07 bits per heavy atom. The number of rotatable bonds is 12. The van der Waals surface area contributed by atoms with E-state index in [1.807, 2.05) is 14.1 Å². The van der Waals surface area contributed by atoms with E-state index < -0.39 is 34.2 Å². The van der Waals surface area contributed by atoms with Crippen LogP contribution in [0, 0.1) is 46.3 Å². The van der Waals surface area contributed by atoms with Crippen LogP contribution in [0.4, 0.5) is 0 Å². The Morgan fingerprint density at radius 2 is 1.77 bits per heavy atom. The maximum atomic E-state index is 12.7. The summed E-state index contributed by atoms with van der Waals surface area (Å²) in [6.07, 6.45) is 5.44. The highest BCUT2D eigenvalue weighted by molar-refractivity contribution is 7.85. The van der Waals surface area contributed by atoms with E-state index in [-0.39, 0.29) is 59.0 Å². The third-order valence-electron chi connectivity index (χ3n) is 12.7. The molecule has 12 atom stereocenters. The highest BCUT2D eigenvalue weighted by Gasteiger charge is 2.65. The Balaban J connectivity index is 1.27. The molecule has 4 saturated carbocycles. The number of likely N-dealkylation sites (N-methyl/N-ethyl adjacent to an activating group) is 1. The zero-order chi connectivity index (χ0) is 32.0. The molecular weight excluding hydrogens is 572 g/mol. The second-order valence-electron chi connectivity index (χ2n) is 16.0. The minimum atomic E-state index is -4.48. The summed E-state index contributed by atoms with van der Waals surface area (Å²) in [5.74, 6) is 0.749. The van der Waals surface area contributed by atoms with Crippen LogP contribution in [0.2, 0.25) is 0 Å². The van der Waals surface area contributed by atoms with Gasteiger partial charge in [-0.1, -0.05) is 20.8 Å². The number of aliphatic hydroxyl groups excluding tert-OH is 4. The normalized spacial score (nSPS) is 41.1. The van der Waals surface area contributed by atoms with E-state index in [2.05, 4.69) is 26.1 Å². The summed E-state index contributed by atoms with van der Waals surface area (Å²) in [7, 11) is -0.775. The van der Waals surface area contributed by atoms with Crippen LogP contribution in [0.5, 0.6) is 0 Å². The zero-order valence-electron chi connectivity index (χ0n) is 27.0. The lowest BCUT2D eigenvalue weighted by Gasteiger charge is -2.63. The number of fused-ring (bicyclic) bond motifs is 5. The predicted octanol–water partition coefficient (Wildman–Crippen LogP) is 1.85. The first-order valence-corrected chi connectivity index (χ1v) is 18.2. The van der Waals surface area contributed by atoms with Gasteiger partial charge in [0.1, 0.15) is 12.6 Å². The van der Waals surface area contributed by atoms with Gasteiger partial charge in [0.2, 0.25) is 5.91 Å². The van der Waals surface area contributed by atoms with Gasteiger partial charge in [-0.3, -0.25) is 4.79 Å². The van der Waals surface area contributed by atoms with Crippen LogP contribution in [-0.2, 0) is 14.9 Å². The second-order valence-corrected chi connectivity index (χ2v) is 17.4. The first-order valence-electron chi connectivity index (χ1n) is 16.6. The third kappa shape index (κ3) is 7.60. The summed E-state index contributed by atoms with van der Waals surface area (Å²) in [5.41, 5.74) is -0.229.